The lowest BCUT2D eigenvalue weighted by Crippen LogP contribution is -2.30. The van der Waals surface area contributed by atoms with Crippen molar-refractivity contribution in [2.24, 2.45) is 0 Å². The number of anilines is 1. The summed E-state index contributed by atoms with van der Waals surface area (Å²) in [5.74, 6) is 1.28. The molecule has 0 saturated carbocycles. The van der Waals surface area contributed by atoms with E-state index in [9.17, 15) is 4.79 Å². The Balaban J connectivity index is 1.47. The van der Waals surface area contributed by atoms with Crippen LogP contribution in [0.25, 0.3) is 0 Å². The number of piperidine rings is 1. The van der Waals surface area contributed by atoms with Gasteiger partial charge in [0, 0.05) is 30.7 Å². The first-order chi connectivity index (χ1) is 12.2. The Hall–Kier alpha value is -1.79. The molecular weight excluding hydrogens is 356 g/mol. The van der Waals surface area contributed by atoms with Crippen LogP contribution in [0.1, 0.15) is 24.8 Å². The first kappa shape index (κ1) is 18.0. The Labute approximate surface area is 157 Å². The zero-order valence-electron chi connectivity index (χ0n) is 13.9. The summed E-state index contributed by atoms with van der Waals surface area (Å²) in [6.45, 7) is 2.59. The van der Waals surface area contributed by atoms with Gasteiger partial charge in [0.1, 0.15) is 17.2 Å². The van der Waals surface area contributed by atoms with E-state index < -0.39 is 0 Å². The highest BCUT2D eigenvalue weighted by molar-refractivity contribution is 7.99. The summed E-state index contributed by atoms with van der Waals surface area (Å²) in [5, 5.41) is 4.43. The third-order valence-corrected chi connectivity index (χ3v) is 5.24. The predicted octanol–water partition coefficient (Wildman–Crippen LogP) is 3.53. The number of rotatable bonds is 6. The number of nitrogens with zero attached hydrogens (tertiary/aromatic N) is 3. The summed E-state index contributed by atoms with van der Waals surface area (Å²) in [6, 6.07) is 9.43. The van der Waals surface area contributed by atoms with Gasteiger partial charge in [0.25, 0.3) is 0 Å². The minimum atomic E-state index is -0.0157. The number of carbonyl (C=O) groups excluding carboxylic acids is 1. The Bertz CT molecular complexity index is 704. The molecule has 1 amide bonds. The average molecular weight is 377 g/mol. The summed E-state index contributed by atoms with van der Waals surface area (Å²) in [7, 11) is 0. The molecular formula is C18H21ClN4OS. The van der Waals surface area contributed by atoms with Gasteiger partial charge in [0.2, 0.25) is 5.91 Å². The fourth-order valence-electron chi connectivity index (χ4n) is 2.70. The van der Waals surface area contributed by atoms with Crippen LogP contribution in [0.3, 0.4) is 0 Å². The van der Waals surface area contributed by atoms with E-state index in [0.717, 1.165) is 29.5 Å². The van der Waals surface area contributed by atoms with Crippen molar-refractivity contribution in [3.63, 3.8) is 0 Å². The molecule has 0 bridgehead atoms. The normalized spacial score (nSPS) is 14.4. The van der Waals surface area contributed by atoms with Crippen molar-refractivity contribution in [3.8, 4) is 0 Å². The highest BCUT2D eigenvalue weighted by Gasteiger charge is 2.13. The van der Waals surface area contributed by atoms with Crippen molar-refractivity contribution >= 4 is 35.1 Å². The average Bonchev–Trinajstić information content (AvgIpc) is 2.67. The van der Waals surface area contributed by atoms with Crippen molar-refractivity contribution in [3.05, 3.63) is 47.2 Å². The molecule has 3 rings (SSSR count). The monoisotopic (exact) mass is 376 g/mol. The van der Waals surface area contributed by atoms with Crippen LogP contribution >= 0.6 is 23.4 Å². The maximum atomic E-state index is 12.0. The maximum absolute atomic E-state index is 12.0. The van der Waals surface area contributed by atoms with Gasteiger partial charge in [-0.3, -0.25) is 4.79 Å². The smallest absolute Gasteiger partial charge is 0.230 e. The van der Waals surface area contributed by atoms with Gasteiger partial charge in [-0.05, 0) is 37.0 Å². The quantitative estimate of drug-likeness (QED) is 0.617. The number of aromatic nitrogens is 2. The molecule has 0 spiro atoms. The fraction of sp³-hybridized carbons (Fsp3) is 0.389. The summed E-state index contributed by atoms with van der Waals surface area (Å²) in [5.41, 5.74) is 1.03. The van der Waals surface area contributed by atoms with E-state index in [0.29, 0.717) is 17.3 Å². The molecule has 132 valence electrons. The zero-order valence-corrected chi connectivity index (χ0v) is 15.5. The van der Waals surface area contributed by atoms with Gasteiger partial charge >= 0.3 is 0 Å². The SMILES string of the molecule is O=C(CSc1cc(N2CCCCC2)ncn1)NCc1ccc(Cl)cc1. The van der Waals surface area contributed by atoms with E-state index in [2.05, 4.69) is 20.2 Å². The molecule has 1 aliphatic heterocycles. The van der Waals surface area contributed by atoms with Crippen LogP contribution in [0, 0.1) is 0 Å². The highest BCUT2D eigenvalue weighted by Crippen LogP contribution is 2.22. The number of hydrogen-bond acceptors (Lipinski definition) is 5. The van der Waals surface area contributed by atoms with Gasteiger partial charge in [0.15, 0.2) is 0 Å². The van der Waals surface area contributed by atoms with Gasteiger partial charge in [-0.15, -0.1) is 0 Å². The Morgan fingerprint density at radius 1 is 1.16 bits per heavy atom. The molecule has 1 aliphatic rings. The van der Waals surface area contributed by atoms with E-state index in [1.807, 2.05) is 30.3 Å². The number of thioether (sulfide) groups is 1. The second kappa shape index (κ2) is 9.06. The largest absolute Gasteiger partial charge is 0.356 e. The molecule has 0 aliphatic carbocycles. The molecule has 1 fully saturated rings. The van der Waals surface area contributed by atoms with Crippen LogP contribution in [-0.2, 0) is 11.3 Å². The third kappa shape index (κ3) is 5.61. The Morgan fingerprint density at radius 3 is 2.68 bits per heavy atom. The minimum absolute atomic E-state index is 0.0157. The molecule has 2 aromatic rings. The predicted molar refractivity (Wildman–Crippen MR) is 102 cm³/mol. The topological polar surface area (TPSA) is 58.1 Å². The molecule has 1 N–H and O–H groups in total. The molecule has 1 saturated heterocycles. The number of benzene rings is 1. The van der Waals surface area contributed by atoms with Crippen LogP contribution in [0.2, 0.25) is 5.02 Å². The first-order valence-electron chi connectivity index (χ1n) is 8.41. The summed E-state index contributed by atoms with van der Waals surface area (Å²) >= 11 is 7.29. The molecule has 0 unspecified atom stereocenters. The molecule has 25 heavy (non-hydrogen) atoms. The van der Waals surface area contributed by atoms with Crippen molar-refractivity contribution < 1.29 is 4.79 Å². The first-order valence-corrected chi connectivity index (χ1v) is 9.78. The van der Waals surface area contributed by atoms with Gasteiger partial charge in [-0.1, -0.05) is 35.5 Å². The van der Waals surface area contributed by atoms with Crippen LogP contribution < -0.4 is 10.2 Å². The lowest BCUT2D eigenvalue weighted by atomic mass is 10.1. The molecule has 1 aromatic carbocycles. The lowest BCUT2D eigenvalue weighted by Gasteiger charge is -2.27. The Kier molecular flexibility index (Phi) is 6.53. The molecule has 5 nitrogen and oxygen atoms in total. The van der Waals surface area contributed by atoms with Crippen molar-refractivity contribution in [2.75, 3.05) is 23.7 Å². The van der Waals surface area contributed by atoms with Gasteiger partial charge < -0.3 is 10.2 Å². The van der Waals surface area contributed by atoms with Crippen molar-refractivity contribution in [1.29, 1.82) is 0 Å². The van der Waals surface area contributed by atoms with Crippen LogP contribution in [0.5, 0.6) is 0 Å². The summed E-state index contributed by atoms with van der Waals surface area (Å²) in [4.78, 5) is 22.9. The second-order valence-corrected chi connectivity index (χ2v) is 7.39. The van der Waals surface area contributed by atoms with E-state index in [4.69, 9.17) is 11.6 Å². The summed E-state index contributed by atoms with van der Waals surface area (Å²) < 4.78 is 0. The fourth-order valence-corrected chi connectivity index (χ4v) is 3.52. The van der Waals surface area contributed by atoms with Crippen molar-refractivity contribution in [2.45, 2.75) is 30.8 Å². The zero-order chi connectivity index (χ0) is 17.5. The molecule has 2 heterocycles. The third-order valence-electron chi connectivity index (χ3n) is 4.06. The van der Waals surface area contributed by atoms with Crippen molar-refractivity contribution in [1.82, 2.24) is 15.3 Å². The van der Waals surface area contributed by atoms with E-state index >= 15 is 0 Å². The Morgan fingerprint density at radius 2 is 1.92 bits per heavy atom. The summed E-state index contributed by atoms with van der Waals surface area (Å²) in [6.07, 6.45) is 5.29. The van der Waals surface area contributed by atoms with Crippen LogP contribution in [0.15, 0.2) is 41.7 Å². The molecule has 1 aromatic heterocycles. The number of hydrogen-bond donors (Lipinski definition) is 1. The highest BCUT2D eigenvalue weighted by atomic mass is 35.5. The van der Waals surface area contributed by atoms with E-state index in [1.54, 1.807) is 6.33 Å². The molecule has 0 atom stereocenters. The van der Waals surface area contributed by atoms with Gasteiger partial charge in [-0.2, -0.15) is 0 Å². The maximum Gasteiger partial charge on any atom is 0.230 e. The van der Waals surface area contributed by atoms with Crippen LogP contribution in [0.4, 0.5) is 5.82 Å². The standard InChI is InChI=1S/C18H21ClN4OS/c19-15-6-4-14(5-7-15)11-20-17(24)12-25-18-10-16(21-13-22-18)23-8-2-1-3-9-23/h4-7,10,13H,1-3,8-9,11-12H2,(H,20,24). The molecule has 7 heteroatoms. The molecule has 0 radical (unpaired) electrons. The number of carbonyl (C=O) groups is 1. The van der Waals surface area contributed by atoms with E-state index in [-0.39, 0.29) is 5.91 Å². The van der Waals surface area contributed by atoms with E-state index in [1.165, 1.54) is 31.0 Å². The van der Waals surface area contributed by atoms with Gasteiger partial charge in [-0.25, -0.2) is 9.97 Å². The lowest BCUT2D eigenvalue weighted by molar-refractivity contribution is -0.118. The minimum Gasteiger partial charge on any atom is -0.356 e. The second-order valence-electron chi connectivity index (χ2n) is 5.95. The van der Waals surface area contributed by atoms with Gasteiger partial charge in [0.05, 0.1) is 5.75 Å². The number of amides is 1. The number of halogens is 1. The van der Waals surface area contributed by atoms with Crippen LogP contribution in [-0.4, -0.2) is 34.7 Å². The number of nitrogens with one attached hydrogen (secondary N) is 1.